The molecule has 1 fully saturated rings. The zero-order valence-electron chi connectivity index (χ0n) is 11.5. The highest BCUT2D eigenvalue weighted by atomic mass is 79.9. The first-order chi connectivity index (χ1) is 9.13. The summed E-state index contributed by atoms with van der Waals surface area (Å²) in [4.78, 5) is 0. The summed E-state index contributed by atoms with van der Waals surface area (Å²) in [5.41, 5.74) is 1.43. The van der Waals surface area contributed by atoms with E-state index in [-0.39, 0.29) is 6.61 Å². The quantitative estimate of drug-likeness (QED) is 0.830. The zero-order valence-corrected chi connectivity index (χ0v) is 13.9. The van der Waals surface area contributed by atoms with Crippen molar-refractivity contribution in [3.05, 3.63) is 34.3 Å². The van der Waals surface area contributed by atoms with E-state index in [1.165, 1.54) is 18.4 Å². The Morgan fingerprint density at radius 1 is 1.47 bits per heavy atom. The van der Waals surface area contributed by atoms with E-state index >= 15 is 0 Å². The topological polar surface area (TPSA) is 32.3 Å². The number of halogens is 1. The summed E-state index contributed by atoms with van der Waals surface area (Å²) in [6, 6.07) is 9.59. The maximum atomic E-state index is 9.29. The molecule has 2 unspecified atom stereocenters. The minimum Gasteiger partial charge on any atom is -0.395 e. The van der Waals surface area contributed by atoms with Crippen LogP contribution in [-0.2, 0) is 0 Å². The lowest BCUT2D eigenvalue weighted by atomic mass is 9.75. The van der Waals surface area contributed by atoms with Gasteiger partial charge in [-0.3, -0.25) is 0 Å². The second kappa shape index (κ2) is 7.11. The lowest BCUT2D eigenvalue weighted by Gasteiger charge is -2.39. The third kappa shape index (κ3) is 3.97. The molecule has 2 nitrogen and oxygen atoms in total. The first-order valence-electron chi connectivity index (χ1n) is 6.79. The molecular formula is C15H22BrNOS. The predicted molar refractivity (Wildman–Crippen MR) is 86.9 cm³/mol. The highest BCUT2D eigenvalue weighted by Gasteiger charge is 2.32. The van der Waals surface area contributed by atoms with Crippen LogP contribution in [0.2, 0.25) is 0 Å². The van der Waals surface area contributed by atoms with E-state index in [0.717, 1.165) is 4.47 Å². The van der Waals surface area contributed by atoms with E-state index in [1.54, 1.807) is 11.8 Å². The van der Waals surface area contributed by atoms with Crippen molar-refractivity contribution in [2.45, 2.75) is 43.0 Å². The molecule has 106 valence electrons. The molecule has 1 aromatic carbocycles. The first-order valence-corrected chi connectivity index (χ1v) is 8.87. The van der Waals surface area contributed by atoms with Crippen molar-refractivity contribution >= 4 is 27.7 Å². The number of rotatable bonds is 6. The average Bonchev–Trinajstić information content (AvgIpc) is 2.34. The van der Waals surface area contributed by atoms with Crippen molar-refractivity contribution in [3.63, 3.8) is 0 Å². The number of aliphatic hydroxyl groups excluding tert-OH is 1. The Balaban J connectivity index is 1.80. The Hall–Kier alpha value is -0.0300. The summed E-state index contributed by atoms with van der Waals surface area (Å²) in [6.45, 7) is 2.42. The molecule has 0 amide bonds. The molecule has 2 rings (SSSR count). The first kappa shape index (κ1) is 15.4. The maximum absolute atomic E-state index is 9.29. The van der Waals surface area contributed by atoms with Crippen molar-refractivity contribution < 1.29 is 5.11 Å². The van der Waals surface area contributed by atoms with Crippen LogP contribution in [0.1, 0.15) is 31.2 Å². The smallest absolute Gasteiger partial charge is 0.0564 e. The summed E-state index contributed by atoms with van der Waals surface area (Å²) < 4.78 is 1.16. The zero-order chi connectivity index (χ0) is 13.8. The van der Waals surface area contributed by atoms with Crippen LogP contribution in [-0.4, -0.2) is 35.3 Å². The molecule has 0 aromatic heterocycles. The Morgan fingerprint density at radius 2 is 2.21 bits per heavy atom. The minimum atomic E-state index is 0.247. The molecule has 1 aliphatic carbocycles. The molecule has 0 spiro atoms. The van der Waals surface area contributed by atoms with Crippen LogP contribution in [0, 0.1) is 0 Å². The van der Waals surface area contributed by atoms with Gasteiger partial charge in [0.15, 0.2) is 0 Å². The van der Waals surface area contributed by atoms with Gasteiger partial charge in [0.2, 0.25) is 0 Å². The highest BCUT2D eigenvalue weighted by molar-refractivity contribution is 9.10. The van der Waals surface area contributed by atoms with Gasteiger partial charge < -0.3 is 10.4 Å². The van der Waals surface area contributed by atoms with Crippen LogP contribution < -0.4 is 5.32 Å². The summed E-state index contributed by atoms with van der Waals surface area (Å²) in [6.07, 6.45) is 4.46. The van der Waals surface area contributed by atoms with Gasteiger partial charge in [0.05, 0.1) is 6.61 Å². The lowest BCUT2D eigenvalue weighted by molar-refractivity contribution is 0.235. The number of benzene rings is 1. The Morgan fingerprint density at radius 3 is 2.79 bits per heavy atom. The third-order valence-corrected chi connectivity index (χ3v) is 5.65. The van der Waals surface area contributed by atoms with Gasteiger partial charge in [0, 0.05) is 21.8 Å². The van der Waals surface area contributed by atoms with Gasteiger partial charge in [0.1, 0.15) is 0 Å². The second-order valence-electron chi connectivity index (χ2n) is 5.33. The van der Waals surface area contributed by atoms with Gasteiger partial charge in [0.25, 0.3) is 0 Å². The Kier molecular flexibility index (Phi) is 5.75. The molecule has 4 heteroatoms. The van der Waals surface area contributed by atoms with Crippen molar-refractivity contribution in [3.8, 4) is 0 Å². The van der Waals surface area contributed by atoms with Crippen molar-refractivity contribution in [1.82, 2.24) is 5.32 Å². The summed E-state index contributed by atoms with van der Waals surface area (Å²) in [7, 11) is 0. The second-order valence-corrected chi connectivity index (χ2v) is 7.32. The van der Waals surface area contributed by atoms with Crippen LogP contribution >= 0.6 is 27.7 Å². The lowest BCUT2D eigenvalue weighted by Crippen LogP contribution is -2.48. The van der Waals surface area contributed by atoms with E-state index in [0.29, 0.717) is 23.3 Å². The van der Waals surface area contributed by atoms with Crippen LogP contribution in [0.15, 0.2) is 28.7 Å². The molecule has 0 aliphatic heterocycles. The number of hydrogen-bond donors (Lipinski definition) is 2. The number of nitrogens with one attached hydrogen (secondary N) is 1. The van der Waals surface area contributed by atoms with Crippen LogP contribution in [0.25, 0.3) is 0 Å². The van der Waals surface area contributed by atoms with Gasteiger partial charge >= 0.3 is 0 Å². The molecule has 2 atom stereocenters. The van der Waals surface area contributed by atoms with Gasteiger partial charge in [-0.1, -0.05) is 28.1 Å². The minimum absolute atomic E-state index is 0.247. The van der Waals surface area contributed by atoms with E-state index in [4.69, 9.17) is 0 Å². The van der Waals surface area contributed by atoms with Crippen molar-refractivity contribution in [1.29, 1.82) is 0 Å². The van der Waals surface area contributed by atoms with E-state index in [2.05, 4.69) is 58.7 Å². The summed E-state index contributed by atoms with van der Waals surface area (Å²) in [5, 5.41) is 13.2. The summed E-state index contributed by atoms with van der Waals surface area (Å²) in [5.74, 6) is 0.684. The SMILES string of the molecule is CSC(CO)C(C)NC1CC(c2cccc(Br)c2)C1. The van der Waals surface area contributed by atoms with Gasteiger partial charge in [-0.05, 0) is 49.6 Å². The number of hydrogen-bond acceptors (Lipinski definition) is 3. The predicted octanol–water partition coefficient (Wildman–Crippen LogP) is 3.40. The van der Waals surface area contributed by atoms with E-state index < -0.39 is 0 Å². The Bertz CT molecular complexity index is 405. The van der Waals surface area contributed by atoms with Gasteiger partial charge in [-0.25, -0.2) is 0 Å². The molecule has 0 heterocycles. The Labute approximate surface area is 128 Å². The van der Waals surface area contributed by atoms with Crippen LogP contribution in [0.4, 0.5) is 0 Å². The fourth-order valence-electron chi connectivity index (χ4n) is 2.70. The van der Waals surface area contributed by atoms with Gasteiger partial charge in [-0.15, -0.1) is 0 Å². The largest absolute Gasteiger partial charge is 0.395 e. The number of thioether (sulfide) groups is 1. The molecule has 1 aromatic rings. The monoisotopic (exact) mass is 343 g/mol. The highest BCUT2D eigenvalue weighted by Crippen LogP contribution is 2.38. The molecule has 0 bridgehead atoms. The molecule has 19 heavy (non-hydrogen) atoms. The van der Waals surface area contributed by atoms with Crippen molar-refractivity contribution in [2.75, 3.05) is 12.9 Å². The molecule has 2 N–H and O–H groups in total. The molecular weight excluding hydrogens is 322 g/mol. The normalized spacial score (nSPS) is 25.7. The molecule has 1 aliphatic rings. The number of aliphatic hydroxyl groups is 1. The molecule has 0 saturated heterocycles. The third-order valence-electron chi connectivity index (χ3n) is 4.00. The summed E-state index contributed by atoms with van der Waals surface area (Å²) >= 11 is 5.27. The van der Waals surface area contributed by atoms with Crippen LogP contribution in [0.5, 0.6) is 0 Å². The standard InChI is InChI=1S/C15H22BrNOS/c1-10(15(9-18)19-2)17-14-7-12(8-14)11-4-3-5-13(16)6-11/h3-6,10,12,14-15,17-18H,7-9H2,1-2H3. The van der Waals surface area contributed by atoms with Gasteiger partial charge in [-0.2, -0.15) is 11.8 Å². The maximum Gasteiger partial charge on any atom is 0.0564 e. The van der Waals surface area contributed by atoms with Crippen LogP contribution in [0.3, 0.4) is 0 Å². The molecule has 0 radical (unpaired) electrons. The fraction of sp³-hybridized carbons (Fsp3) is 0.600. The van der Waals surface area contributed by atoms with Crippen molar-refractivity contribution in [2.24, 2.45) is 0 Å². The fourth-order valence-corrected chi connectivity index (χ4v) is 3.76. The molecule has 1 saturated carbocycles. The van der Waals surface area contributed by atoms with E-state index in [9.17, 15) is 5.11 Å². The van der Waals surface area contributed by atoms with E-state index in [1.807, 2.05) is 0 Å². The average molecular weight is 344 g/mol.